The molecule has 2 N–H and O–H groups in total. The SMILES string of the molecule is COc1cccc(C(=O)Nc2cccc(SC(C)C(=O)Nc3nc(-c4ccc5ccccc5c4)cs3)c2)c1. The quantitative estimate of drug-likeness (QED) is 0.202. The van der Waals surface area contributed by atoms with Gasteiger partial charge in [0.2, 0.25) is 5.91 Å². The van der Waals surface area contributed by atoms with Gasteiger partial charge in [-0.05, 0) is 60.2 Å². The Kier molecular flexibility index (Phi) is 7.72. The van der Waals surface area contributed by atoms with E-state index in [0.29, 0.717) is 22.1 Å². The highest BCUT2D eigenvalue weighted by atomic mass is 32.2. The van der Waals surface area contributed by atoms with Crippen molar-refractivity contribution >= 4 is 56.5 Å². The molecular weight excluding hydrogens is 514 g/mol. The van der Waals surface area contributed by atoms with Crippen molar-refractivity contribution in [2.24, 2.45) is 0 Å². The normalized spacial score (nSPS) is 11.6. The number of ether oxygens (including phenoxy) is 1. The number of benzene rings is 4. The zero-order chi connectivity index (χ0) is 26.5. The fraction of sp³-hybridized carbons (Fsp3) is 0.100. The van der Waals surface area contributed by atoms with Gasteiger partial charge in [-0.2, -0.15) is 0 Å². The summed E-state index contributed by atoms with van der Waals surface area (Å²) in [5, 5.41) is 10.3. The minimum atomic E-state index is -0.368. The first-order valence-electron chi connectivity index (χ1n) is 12.0. The van der Waals surface area contributed by atoms with Crippen LogP contribution < -0.4 is 15.4 Å². The Hall–Kier alpha value is -4.14. The number of methoxy groups -OCH3 is 1. The number of hydrogen-bond donors (Lipinski definition) is 2. The second-order valence-corrected chi connectivity index (χ2v) is 10.8. The Morgan fingerprint density at radius 2 is 1.71 bits per heavy atom. The van der Waals surface area contributed by atoms with Crippen LogP contribution in [0.3, 0.4) is 0 Å². The van der Waals surface area contributed by atoms with Crippen LogP contribution in [0.1, 0.15) is 17.3 Å². The number of nitrogens with zero attached hydrogens (tertiary/aromatic N) is 1. The number of fused-ring (bicyclic) bond motifs is 1. The van der Waals surface area contributed by atoms with Crippen LogP contribution in [0.2, 0.25) is 0 Å². The number of anilines is 2. The molecule has 0 spiro atoms. The fourth-order valence-electron chi connectivity index (χ4n) is 3.89. The summed E-state index contributed by atoms with van der Waals surface area (Å²) in [6.45, 7) is 1.85. The van der Waals surface area contributed by atoms with Crippen molar-refractivity contribution in [3.05, 3.63) is 102 Å². The lowest BCUT2D eigenvalue weighted by atomic mass is 10.1. The minimum Gasteiger partial charge on any atom is -0.497 e. The molecule has 0 aliphatic heterocycles. The van der Waals surface area contributed by atoms with Gasteiger partial charge in [0, 0.05) is 27.1 Å². The van der Waals surface area contributed by atoms with Gasteiger partial charge in [-0.1, -0.05) is 48.5 Å². The molecule has 190 valence electrons. The second kappa shape index (κ2) is 11.5. The van der Waals surface area contributed by atoms with E-state index in [9.17, 15) is 9.59 Å². The highest BCUT2D eigenvalue weighted by molar-refractivity contribution is 8.00. The van der Waals surface area contributed by atoms with Crippen molar-refractivity contribution in [2.45, 2.75) is 17.1 Å². The lowest BCUT2D eigenvalue weighted by Crippen LogP contribution is -2.22. The van der Waals surface area contributed by atoms with Gasteiger partial charge in [-0.15, -0.1) is 23.1 Å². The highest BCUT2D eigenvalue weighted by Crippen LogP contribution is 2.30. The van der Waals surface area contributed by atoms with Crippen LogP contribution in [-0.2, 0) is 4.79 Å². The Balaban J connectivity index is 1.20. The molecule has 0 bridgehead atoms. The lowest BCUT2D eigenvalue weighted by molar-refractivity contribution is -0.115. The number of thiazole rings is 1. The first-order valence-corrected chi connectivity index (χ1v) is 13.7. The number of amides is 2. The van der Waals surface area contributed by atoms with E-state index >= 15 is 0 Å². The highest BCUT2D eigenvalue weighted by Gasteiger charge is 2.17. The van der Waals surface area contributed by atoms with E-state index in [0.717, 1.165) is 21.5 Å². The van der Waals surface area contributed by atoms with Crippen LogP contribution in [0.15, 0.2) is 101 Å². The molecule has 1 atom stereocenters. The Morgan fingerprint density at radius 1 is 0.895 bits per heavy atom. The number of carbonyl (C=O) groups excluding carboxylic acids is 2. The van der Waals surface area contributed by atoms with Crippen LogP contribution in [-0.4, -0.2) is 29.2 Å². The zero-order valence-electron chi connectivity index (χ0n) is 20.8. The van der Waals surface area contributed by atoms with E-state index in [1.165, 1.54) is 28.5 Å². The molecule has 4 aromatic carbocycles. The molecule has 8 heteroatoms. The standard InChI is InChI=1S/C30H25N3O3S2/c1-19(38-26-12-6-10-24(17-26)31-29(35)23-9-5-11-25(16-23)36-2)28(34)33-30-32-27(18-37-30)22-14-13-20-7-3-4-8-21(20)15-22/h3-19H,1-2H3,(H,31,35)(H,32,33,34). The maximum atomic E-state index is 12.9. The van der Waals surface area contributed by atoms with E-state index < -0.39 is 0 Å². The Bertz CT molecular complexity index is 1620. The molecule has 0 fully saturated rings. The monoisotopic (exact) mass is 539 g/mol. The number of aromatic nitrogens is 1. The van der Waals surface area contributed by atoms with Crippen molar-refractivity contribution < 1.29 is 14.3 Å². The minimum absolute atomic E-state index is 0.139. The van der Waals surface area contributed by atoms with Crippen LogP contribution in [0.25, 0.3) is 22.0 Å². The van der Waals surface area contributed by atoms with E-state index in [1.54, 1.807) is 31.4 Å². The number of hydrogen-bond acceptors (Lipinski definition) is 6. The van der Waals surface area contributed by atoms with Crippen LogP contribution >= 0.6 is 23.1 Å². The zero-order valence-corrected chi connectivity index (χ0v) is 22.4. The van der Waals surface area contributed by atoms with Gasteiger partial charge >= 0.3 is 0 Å². The topological polar surface area (TPSA) is 80.3 Å². The third-order valence-corrected chi connectivity index (χ3v) is 7.74. The summed E-state index contributed by atoms with van der Waals surface area (Å²) < 4.78 is 5.20. The van der Waals surface area contributed by atoms with Crippen LogP contribution in [0, 0.1) is 0 Å². The summed E-state index contributed by atoms with van der Waals surface area (Å²) in [5.41, 5.74) is 2.99. The molecule has 5 rings (SSSR count). The molecule has 1 unspecified atom stereocenters. The van der Waals surface area contributed by atoms with E-state index in [4.69, 9.17) is 4.74 Å². The van der Waals surface area contributed by atoms with E-state index in [1.807, 2.05) is 54.8 Å². The van der Waals surface area contributed by atoms with Gasteiger partial charge in [0.1, 0.15) is 5.75 Å². The van der Waals surface area contributed by atoms with Gasteiger partial charge in [-0.3, -0.25) is 9.59 Å². The predicted molar refractivity (Wildman–Crippen MR) is 156 cm³/mol. The number of rotatable bonds is 8. The summed E-state index contributed by atoms with van der Waals surface area (Å²) in [5.74, 6) is 0.245. The Labute approximate surface area is 229 Å². The van der Waals surface area contributed by atoms with Crippen LogP contribution in [0.5, 0.6) is 5.75 Å². The van der Waals surface area contributed by atoms with Crippen molar-refractivity contribution in [1.82, 2.24) is 4.98 Å². The Morgan fingerprint density at radius 3 is 2.55 bits per heavy atom. The number of thioether (sulfide) groups is 1. The molecule has 0 aliphatic rings. The smallest absolute Gasteiger partial charge is 0.255 e. The summed E-state index contributed by atoms with van der Waals surface area (Å²) in [7, 11) is 1.56. The molecule has 1 heterocycles. The molecule has 0 aliphatic carbocycles. The lowest BCUT2D eigenvalue weighted by Gasteiger charge is -2.12. The van der Waals surface area contributed by atoms with Crippen molar-refractivity contribution in [3.8, 4) is 17.0 Å². The molecule has 0 saturated heterocycles. The summed E-state index contributed by atoms with van der Waals surface area (Å²) in [4.78, 5) is 31.0. The van der Waals surface area contributed by atoms with Gasteiger partial charge in [-0.25, -0.2) is 4.98 Å². The number of nitrogens with one attached hydrogen (secondary N) is 2. The van der Waals surface area contributed by atoms with Crippen molar-refractivity contribution in [2.75, 3.05) is 17.7 Å². The second-order valence-electron chi connectivity index (χ2n) is 8.56. The molecule has 5 aromatic rings. The number of carbonyl (C=O) groups is 2. The summed E-state index contributed by atoms with van der Waals surface area (Å²) in [6.07, 6.45) is 0. The largest absolute Gasteiger partial charge is 0.497 e. The van der Waals surface area contributed by atoms with Crippen LogP contribution in [0.4, 0.5) is 10.8 Å². The van der Waals surface area contributed by atoms with Gasteiger partial charge in [0.25, 0.3) is 5.91 Å². The first-order chi connectivity index (χ1) is 18.5. The molecule has 0 radical (unpaired) electrons. The van der Waals surface area contributed by atoms with E-state index in [2.05, 4.69) is 39.9 Å². The third-order valence-electron chi connectivity index (χ3n) is 5.89. The van der Waals surface area contributed by atoms with Gasteiger partial charge in [0.05, 0.1) is 18.1 Å². The van der Waals surface area contributed by atoms with Crippen molar-refractivity contribution in [3.63, 3.8) is 0 Å². The molecular formula is C30H25N3O3S2. The van der Waals surface area contributed by atoms with Crippen molar-refractivity contribution in [1.29, 1.82) is 0 Å². The third kappa shape index (κ3) is 6.04. The molecule has 0 saturated carbocycles. The predicted octanol–water partition coefficient (Wildman–Crippen LogP) is 7.34. The molecule has 2 amide bonds. The summed E-state index contributed by atoms with van der Waals surface area (Å²) >= 11 is 2.81. The molecule has 6 nitrogen and oxygen atoms in total. The molecule has 38 heavy (non-hydrogen) atoms. The average molecular weight is 540 g/mol. The van der Waals surface area contributed by atoms with Gasteiger partial charge in [0.15, 0.2) is 5.13 Å². The van der Waals surface area contributed by atoms with E-state index in [-0.39, 0.29) is 17.1 Å². The maximum absolute atomic E-state index is 12.9. The maximum Gasteiger partial charge on any atom is 0.255 e. The van der Waals surface area contributed by atoms with Gasteiger partial charge < -0.3 is 15.4 Å². The first kappa shape index (κ1) is 25.5. The summed E-state index contributed by atoms with van der Waals surface area (Å²) in [6, 6.07) is 28.8. The molecule has 1 aromatic heterocycles. The fourth-order valence-corrected chi connectivity index (χ4v) is 5.54. The average Bonchev–Trinajstić information content (AvgIpc) is 3.41.